The Kier molecular flexibility index (Phi) is 6.17. The number of furan rings is 1. The second-order valence-corrected chi connectivity index (χ2v) is 7.24. The highest BCUT2D eigenvalue weighted by atomic mass is 127. The fourth-order valence-electron chi connectivity index (χ4n) is 2.48. The van der Waals surface area contributed by atoms with Crippen LogP contribution in [-0.4, -0.2) is 36.5 Å². The normalized spacial score (nSPS) is 19.7. The standard InChI is InChI=1S/C15H24BrN3O.HI/c1-14(2)10-19(15(14,3)4)13(17-5)18-9-8-11-6-7-12(16)20-11;/h6-7H,8-10H2,1-5H3,(H,17,18);1H. The molecule has 2 rings (SSSR count). The molecule has 1 saturated heterocycles. The van der Waals surface area contributed by atoms with Gasteiger partial charge in [0.1, 0.15) is 5.76 Å². The first kappa shape index (κ1) is 18.8. The average molecular weight is 470 g/mol. The zero-order valence-corrected chi connectivity index (χ0v) is 17.3. The van der Waals surface area contributed by atoms with Crippen molar-refractivity contribution < 1.29 is 4.42 Å². The minimum absolute atomic E-state index is 0. The highest BCUT2D eigenvalue weighted by Gasteiger charge is 2.53. The lowest BCUT2D eigenvalue weighted by Crippen LogP contribution is -2.72. The minimum atomic E-state index is 0. The van der Waals surface area contributed by atoms with E-state index in [4.69, 9.17) is 4.42 Å². The van der Waals surface area contributed by atoms with E-state index in [-0.39, 0.29) is 29.5 Å². The van der Waals surface area contributed by atoms with Crippen LogP contribution < -0.4 is 5.32 Å². The summed E-state index contributed by atoms with van der Waals surface area (Å²) in [6.45, 7) is 11.0. The Morgan fingerprint density at radius 2 is 2.05 bits per heavy atom. The van der Waals surface area contributed by atoms with Gasteiger partial charge in [-0.05, 0) is 41.9 Å². The maximum absolute atomic E-state index is 5.50. The SMILES string of the molecule is CN=C(NCCc1ccc(Br)o1)N1CC(C)(C)C1(C)C.I. The molecule has 6 heteroatoms. The molecule has 0 spiro atoms. The van der Waals surface area contributed by atoms with Gasteiger partial charge in [-0.2, -0.15) is 0 Å². The molecule has 0 atom stereocenters. The molecule has 1 aliphatic rings. The predicted molar refractivity (Wildman–Crippen MR) is 101 cm³/mol. The lowest BCUT2D eigenvalue weighted by atomic mass is 9.65. The van der Waals surface area contributed by atoms with E-state index in [1.165, 1.54) is 0 Å². The van der Waals surface area contributed by atoms with Crippen molar-refractivity contribution in [1.82, 2.24) is 10.2 Å². The molecule has 0 radical (unpaired) electrons. The number of hydrogen-bond acceptors (Lipinski definition) is 2. The number of aliphatic imine (C=N–C) groups is 1. The minimum Gasteiger partial charge on any atom is -0.454 e. The quantitative estimate of drug-likeness (QED) is 0.414. The van der Waals surface area contributed by atoms with Gasteiger partial charge in [-0.3, -0.25) is 4.99 Å². The van der Waals surface area contributed by atoms with E-state index in [9.17, 15) is 0 Å². The highest BCUT2D eigenvalue weighted by molar-refractivity contribution is 14.0. The Hall–Kier alpha value is -0.240. The van der Waals surface area contributed by atoms with Gasteiger partial charge in [0.2, 0.25) is 0 Å². The molecule has 120 valence electrons. The monoisotopic (exact) mass is 469 g/mol. The maximum Gasteiger partial charge on any atom is 0.194 e. The van der Waals surface area contributed by atoms with Crippen molar-refractivity contribution in [2.75, 3.05) is 20.1 Å². The van der Waals surface area contributed by atoms with Gasteiger partial charge in [0, 0.05) is 37.5 Å². The first-order chi connectivity index (χ1) is 9.28. The van der Waals surface area contributed by atoms with Gasteiger partial charge in [-0.25, -0.2) is 0 Å². The van der Waals surface area contributed by atoms with Crippen LogP contribution in [0, 0.1) is 5.41 Å². The molecule has 1 fully saturated rings. The summed E-state index contributed by atoms with van der Waals surface area (Å²) in [5.41, 5.74) is 0.444. The third kappa shape index (κ3) is 3.75. The van der Waals surface area contributed by atoms with Crippen molar-refractivity contribution >= 4 is 45.9 Å². The number of likely N-dealkylation sites (tertiary alicyclic amines) is 1. The fraction of sp³-hybridized carbons (Fsp3) is 0.667. The number of rotatable bonds is 3. The maximum atomic E-state index is 5.50. The van der Waals surface area contributed by atoms with Gasteiger partial charge >= 0.3 is 0 Å². The molecule has 0 amide bonds. The van der Waals surface area contributed by atoms with Crippen molar-refractivity contribution in [3.05, 3.63) is 22.6 Å². The van der Waals surface area contributed by atoms with E-state index in [0.29, 0.717) is 5.41 Å². The van der Waals surface area contributed by atoms with Crippen molar-refractivity contribution in [2.24, 2.45) is 10.4 Å². The molecular formula is C15H25BrIN3O. The van der Waals surface area contributed by atoms with E-state index in [0.717, 1.165) is 35.9 Å². The van der Waals surface area contributed by atoms with Gasteiger partial charge in [0.05, 0.1) is 0 Å². The second kappa shape index (κ2) is 6.89. The first-order valence-corrected chi connectivity index (χ1v) is 7.80. The van der Waals surface area contributed by atoms with E-state index in [2.05, 4.69) is 58.8 Å². The molecule has 2 heterocycles. The summed E-state index contributed by atoms with van der Waals surface area (Å²) in [5, 5.41) is 3.42. The van der Waals surface area contributed by atoms with Crippen molar-refractivity contribution in [3.8, 4) is 0 Å². The Morgan fingerprint density at radius 3 is 2.48 bits per heavy atom. The number of hydrogen-bond donors (Lipinski definition) is 1. The van der Waals surface area contributed by atoms with Crippen LogP contribution in [-0.2, 0) is 6.42 Å². The van der Waals surface area contributed by atoms with Crippen LogP contribution in [0.1, 0.15) is 33.5 Å². The van der Waals surface area contributed by atoms with Crippen LogP contribution >= 0.6 is 39.9 Å². The van der Waals surface area contributed by atoms with Crippen LogP contribution in [0.5, 0.6) is 0 Å². The Bertz CT molecular complexity index is 511. The number of halogens is 2. The Morgan fingerprint density at radius 1 is 1.38 bits per heavy atom. The molecule has 1 aliphatic heterocycles. The molecule has 1 aromatic rings. The smallest absolute Gasteiger partial charge is 0.194 e. The van der Waals surface area contributed by atoms with Crippen molar-refractivity contribution in [2.45, 2.75) is 39.7 Å². The summed E-state index contributed by atoms with van der Waals surface area (Å²) in [5.74, 6) is 1.95. The molecule has 1 N–H and O–H groups in total. The second-order valence-electron chi connectivity index (χ2n) is 6.46. The number of guanidine groups is 1. The number of nitrogens with one attached hydrogen (secondary N) is 1. The first-order valence-electron chi connectivity index (χ1n) is 7.00. The van der Waals surface area contributed by atoms with Crippen LogP contribution in [0.3, 0.4) is 0 Å². The molecule has 0 saturated carbocycles. The summed E-state index contributed by atoms with van der Waals surface area (Å²) in [4.78, 5) is 6.74. The van der Waals surface area contributed by atoms with Crippen LogP contribution in [0.25, 0.3) is 0 Å². The average Bonchev–Trinajstić information content (AvgIpc) is 2.78. The summed E-state index contributed by atoms with van der Waals surface area (Å²) in [6, 6.07) is 3.91. The van der Waals surface area contributed by atoms with E-state index < -0.39 is 0 Å². The van der Waals surface area contributed by atoms with E-state index in [1.54, 1.807) is 0 Å². The molecule has 0 aromatic carbocycles. The van der Waals surface area contributed by atoms with Gasteiger partial charge in [0.25, 0.3) is 0 Å². The zero-order valence-electron chi connectivity index (χ0n) is 13.4. The molecule has 0 aliphatic carbocycles. The van der Waals surface area contributed by atoms with E-state index >= 15 is 0 Å². The summed E-state index contributed by atoms with van der Waals surface area (Å²) < 4.78 is 6.28. The molecule has 4 nitrogen and oxygen atoms in total. The molecule has 21 heavy (non-hydrogen) atoms. The van der Waals surface area contributed by atoms with Crippen LogP contribution in [0.2, 0.25) is 0 Å². The van der Waals surface area contributed by atoms with Crippen molar-refractivity contribution in [3.63, 3.8) is 0 Å². The van der Waals surface area contributed by atoms with Gasteiger partial charge in [-0.15, -0.1) is 24.0 Å². The third-order valence-electron chi connectivity index (χ3n) is 4.64. The Labute approximate surface area is 152 Å². The van der Waals surface area contributed by atoms with Crippen LogP contribution in [0.4, 0.5) is 0 Å². The third-order valence-corrected chi connectivity index (χ3v) is 5.06. The summed E-state index contributed by atoms with van der Waals surface area (Å²) >= 11 is 3.32. The van der Waals surface area contributed by atoms with Gasteiger partial charge in [0.15, 0.2) is 10.6 Å². The largest absolute Gasteiger partial charge is 0.454 e. The Balaban J connectivity index is 0.00000220. The molecule has 1 aromatic heterocycles. The lowest BCUT2D eigenvalue weighted by Gasteiger charge is -2.62. The van der Waals surface area contributed by atoms with E-state index in [1.807, 2.05) is 19.2 Å². The molecule has 0 unspecified atom stereocenters. The highest BCUT2D eigenvalue weighted by Crippen LogP contribution is 2.46. The fourth-order valence-corrected chi connectivity index (χ4v) is 2.82. The predicted octanol–water partition coefficient (Wildman–Crippen LogP) is 3.90. The van der Waals surface area contributed by atoms with Gasteiger partial charge in [-0.1, -0.05) is 13.8 Å². The summed E-state index contributed by atoms with van der Waals surface area (Å²) in [6.07, 6.45) is 0.849. The lowest BCUT2D eigenvalue weighted by molar-refractivity contribution is -0.0666. The van der Waals surface area contributed by atoms with Crippen LogP contribution in [0.15, 0.2) is 26.2 Å². The summed E-state index contributed by atoms with van der Waals surface area (Å²) in [7, 11) is 1.84. The molecular weight excluding hydrogens is 445 g/mol. The topological polar surface area (TPSA) is 40.8 Å². The number of nitrogens with zero attached hydrogens (tertiary/aromatic N) is 2. The van der Waals surface area contributed by atoms with Crippen molar-refractivity contribution in [1.29, 1.82) is 0 Å². The molecule has 0 bridgehead atoms. The van der Waals surface area contributed by atoms with Gasteiger partial charge < -0.3 is 14.6 Å². The zero-order chi connectivity index (χ0) is 15.0.